The Morgan fingerprint density at radius 3 is 2.27 bits per heavy atom. The molecule has 0 amide bonds. The van der Waals surface area contributed by atoms with Gasteiger partial charge in [-0.1, -0.05) is 116 Å². The summed E-state index contributed by atoms with van der Waals surface area (Å²) in [4.78, 5) is 9.08. The van der Waals surface area contributed by atoms with Crippen molar-refractivity contribution in [2.45, 2.75) is 34.0 Å². The van der Waals surface area contributed by atoms with E-state index in [0.29, 0.717) is 17.2 Å². The van der Waals surface area contributed by atoms with Gasteiger partial charge in [-0.15, -0.1) is 41.5 Å². The van der Waals surface area contributed by atoms with E-state index in [4.69, 9.17) is 17.6 Å². The number of hydrogen-bond acceptors (Lipinski definition) is 3. The average molecular weight is 822 g/mol. The van der Waals surface area contributed by atoms with Crippen LogP contribution in [-0.4, -0.2) is 14.5 Å². The fourth-order valence-corrected chi connectivity index (χ4v) is 5.81. The molecule has 8 aromatic rings. The van der Waals surface area contributed by atoms with Crippen LogP contribution < -0.4 is 0 Å². The molecule has 0 fully saturated rings. The van der Waals surface area contributed by atoms with Gasteiger partial charge in [0.25, 0.3) is 0 Å². The summed E-state index contributed by atoms with van der Waals surface area (Å²) in [5, 5.41) is 1.03. The maximum atomic E-state index is 7.28. The zero-order valence-corrected chi connectivity index (χ0v) is 29.5. The van der Waals surface area contributed by atoms with E-state index in [2.05, 4.69) is 121 Å². The van der Waals surface area contributed by atoms with Gasteiger partial charge < -0.3 is 14.0 Å². The minimum absolute atomic E-state index is 0. The molecule has 8 rings (SSSR count). The summed E-state index contributed by atoms with van der Waals surface area (Å²) >= 11 is 0. The summed E-state index contributed by atoms with van der Waals surface area (Å²) < 4.78 is 51.8. The Kier molecular flexibility index (Phi) is 8.20. The Morgan fingerprint density at radius 1 is 0.796 bits per heavy atom. The number of furan rings is 1. The summed E-state index contributed by atoms with van der Waals surface area (Å²) in [5.41, 5.74) is 10.0. The van der Waals surface area contributed by atoms with Crippen molar-refractivity contribution in [1.82, 2.24) is 14.5 Å². The van der Waals surface area contributed by atoms with Crippen molar-refractivity contribution >= 4 is 22.0 Å². The molecule has 0 aliphatic rings. The molecule has 3 aromatic heterocycles. The molecular formula is C44H37IrN3O-2. The van der Waals surface area contributed by atoms with Gasteiger partial charge in [0.1, 0.15) is 0 Å². The van der Waals surface area contributed by atoms with Crippen LogP contribution in [0.3, 0.4) is 0 Å². The third-order valence-electron chi connectivity index (χ3n) is 8.09. The fourth-order valence-electron chi connectivity index (χ4n) is 5.81. The number of rotatable bonds is 6. The Bertz CT molecular complexity index is 2450. The van der Waals surface area contributed by atoms with Crippen molar-refractivity contribution in [3.8, 4) is 39.5 Å². The van der Waals surface area contributed by atoms with Gasteiger partial charge in [-0.25, -0.2) is 0 Å². The van der Waals surface area contributed by atoms with Crippen molar-refractivity contribution in [2.24, 2.45) is 5.92 Å². The van der Waals surface area contributed by atoms with Crippen molar-refractivity contribution in [3.63, 3.8) is 0 Å². The van der Waals surface area contributed by atoms with Crippen LogP contribution in [0.4, 0.5) is 0 Å². The molecule has 0 aliphatic heterocycles. The number of aromatic nitrogens is 3. The first-order valence-electron chi connectivity index (χ1n) is 18.9. The minimum atomic E-state index is -2.18. The van der Waals surface area contributed by atoms with Crippen LogP contribution in [0.15, 0.2) is 138 Å². The third kappa shape index (κ3) is 7.49. The maximum Gasteiger partial charge on any atom is 0.0774 e. The second kappa shape index (κ2) is 15.0. The first-order valence-corrected chi connectivity index (χ1v) is 15.9. The Hall–Kier alpha value is -5.09. The van der Waals surface area contributed by atoms with Crippen LogP contribution in [0.1, 0.15) is 38.8 Å². The number of nitrogens with zero attached hydrogens (tertiary/aromatic N) is 3. The van der Waals surface area contributed by atoms with Gasteiger partial charge in [-0.3, -0.25) is 4.98 Å². The van der Waals surface area contributed by atoms with Gasteiger partial charge in [0.05, 0.1) is 16.9 Å². The number of para-hydroxylation sites is 2. The van der Waals surface area contributed by atoms with Gasteiger partial charge in [-0.2, -0.15) is 0 Å². The van der Waals surface area contributed by atoms with Crippen LogP contribution in [0, 0.1) is 32.0 Å². The van der Waals surface area contributed by atoms with Crippen LogP contribution >= 0.6 is 0 Å². The summed E-state index contributed by atoms with van der Waals surface area (Å²) in [6.45, 7) is 0.124. The SMILES string of the molecule is CC(C)Cc1ccc2c(-c3nc4ccccc4n3-c3ccc(-c4ccccc4)cc3)[c-]oc2c1.[2H]C([2H])([2H])c1c[c-]c(-c2ccc(C([2H])([2H])[2H])cn2)cc1.[Ir]. The van der Waals surface area contributed by atoms with E-state index < -0.39 is 13.7 Å². The fraction of sp³-hybridized carbons (Fsp3) is 0.136. The van der Waals surface area contributed by atoms with Crippen molar-refractivity contribution in [3.05, 3.63) is 163 Å². The molecule has 0 saturated heterocycles. The van der Waals surface area contributed by atoms with Crippen molar-refractivity contribution in [1.29, 1.82) is 0 Å². The van der Waals surface area contributed by atoms with E-state index in [9.17, 15) is 0 Å². The van der Waals surface area contributed by atoms with Gasteiger partial charge in [0, 0.05) is 52.1 Å². The number of pyridine rings is 1. The largest absolute Gasteiger partial charge is 0.557 e. The molecule has 0 spiro atoms. The second-order valence-corrected chi connectivity index (χ2v) is 12.1. The number of hydrogen-bond donors (Lipinski definition) is 0. The third-order valence-corrected chi connectivity index (χ3v) is 8.09. The molecule has 0 bridgehead atoms. The molecule has 0 unspecified atom stereocenters. The number of imidazole rings is 1. The molecule has 5 heteroatoms. The normalized spacial score (nSPS) is 13.3. The smallest absolute Gasteiger partial charge is 0.0774 e. The van der Waals surface area contributed by atoms with E-state index in [1.807, 2.05) is 12.1 Å². The predicted octanol–water partition coefficient (Wildman–Crippen LogP) is 11.3. The Morgan fingerprint density at radius 2 is 1.55 bits per heavy atom. The van der Waals surface area contributed by atoms with E-state index >= 15 is 0 Å². The standard InChI is InChI=1S/C31H25N2O.C13H12N.Ir/c1-21(2)18-22-12-17-26-27(20-34-30(26)19-22)31-32-28-10-6-7-11-29(28)33(31)25-15-13-24(14-16-25)23-8-4-3-5-9-23;1-10-3-6-12(7-4-10)13-8-5-11(2)9-14-13;/h3-17,19,21H,18H2,1-2H3;3-6,8-9H,1-2H3;/q2*-1;/i;1D3,2D3;. The molecule has 245 valence electrons. The van der Waals surface area contributed by atoms with E-state index in [0.717, 1.165) is 45.5 Å². The molecule has 5 aromatic carbocycles. The molecule has 0 N–H and O–H groups in total. The number of benzene rings is 5. The van der Waals surface area contributed by atoms with Crippen LogP contribution in [-0.2, 0) is 26.5 Å². The van der Waals surface area contributed by atoms with E-state index in [1.165, 1.54) is 41.1 Å². The van der Waals surface area contributed by atoms with E-state index in [-0.39, 0.29) is 31.2 Å². The summed E-state index contributed by atoms with van der Waals surface area (Å²) in [6, 6.07) is 44.2. The van der Waals surface area contributed by atoms with Gasteiger partial charge in [0.2, 0.25) is 0 Å². The second-order valence-electron chi connectivity index (χ2n) is 12.1. The summed E-state index contributed by atoms with van der Waals surface area (Å²) in [7, 11) is 0. The first kappa shape index (κ1) is 26.8. The van der Waals surface area contributed by atoms with Crippen molar-refractivity contribution in [2.75, 3.05) is 0 Å². The number of aryl methyl sites for hydroxylation is 2. The molecule has 0 atom stereocenters. The molecule has 0 saturated carbocycles. The van der Waals surface area contributed by atoms with Crippen LogP contribution in [0.5, 0.6) is 0 Å². The zero-order valence-electron chi connectivity index (χ0n) is 33.1. The monoisotopic (exact) mass is 822 g/mol. The molecule has 4 nitrogen and oxygen atoms in total. The molecule has 0 aliphatic carbocycles. The minimum Gasteiger partial charge on any atom is -0.557 e. The zero-order chi connectivity index (χ0) is 38.0. The summed E-state index contributed by atoms with van der Waals surface area (Å²) in [5.74, 6) is 1.43. The van der Waals surface area contributed by atoms with Crippen LogP contribution in [0.2, 0.25) is 0 Å². The quantitative estimate of drug-likeness (QED) is 0.157. The Balaban J connectivity index is 0.000000211. The van der Waals surface area contributed by atoms with Gasteiger partial charge in [0.15, 0.2) is 0 Å². The Labute approximate surface area is 310 Å². The maximum absolute atomic E-state index is 7.28. The van der Waals surface area contributed by atoms with Gasteiger partial charge >= 0.3 is 0 Å². The molecular weight excluding hydrogens is 779 g/mol. The molecule has 49 heavy (non-hydrogen) atoms. The predicted molar refractivity (Wildman–Crippen MR) is 197 cm³/mol. The van der Waals surface area contributed by atoms with Crippen LogP contribution in [0.25, 0.3) is 61.5 Å². The topological polar surface area (TPSA) is 43.9 Å². The molecule has 1 radical (unpaired) electrons. The number of fused-ring (bicyclic) bond motifs is 2. The van der Waals surface area contributed by atoms with Gasteiger partial charge in [-0.05, 0) is 65.8 Å². The van der Waals surface area contributed by atoms with Crippen molar-refractivity contribution < 1.29 is 32.7 Å². The first-order chi connectivity index (χ1) is 25.8. The molecule has 3 heterocycles. The van der Waals surface area contributed by atoms with E-state index in [1.54, 1.807) is 12.1 Å². The average Bonchev–Trinajstić information content (AvgIpc) is 3.76. The summed E-state index contributed by atoms with van der Waals surface area (Å²) in [6.07, 6.45) is 5.49.